The zero-order chi connectivity index (χ0) is 25.4. The fraction of sp³-hybridized carbons (Fsp3) is 0.538. The molecule has 1 aliphatic carbocycles. The van der Waals surface area contributed by atoms with Gasteiger partial charge >= 0.3 is 0 Å². The number of hydrogen-bond donors (Lipinski definition) is 1. The van der Waals surface area contributed by atoms with Gasteiger partial charge in [0.1, 0.15) is 12.3 Å². The molecule has 2 aromatic heterocycles. The predicted octanol–water partition coefficient (Wildman–Crippen LogP) is 2.82. The summed E-state index contributed by atoms with van der Waals surface area (Å²) in [5.41, 5.74) is 2.69. The average molecular weight is 495 g/mol. The minimum absolute atomic E-state index is 0.0215. The Balaban J connectivity index is 1.46. The zero-order valence-corrected chi connectivity index (χ0v) is 21.4. The molecule has 0 unspecified atom stereocenters. The number of ether oxygens (including phenoxy) is 3. The van der Waals surface area contributed by atoms with Crippen LogP contribution in [-0.4, -0.2) is 65.2 Å². The van der Waals surface area contributed by atoms with Gasteiger partial charge in [-0.15, -0.1) is 10.2 Å². The molecule has 1 aliphatic heterocycles. The smallest absolute Gasteiger partial charge is 0.242 e. The summed E-state index contributed by atoms with van der Waals surface area (Å²) in [6.07, 6.45) is 2.38. The summed E-state index contributed by atoms with van der Waals surface area (Å²) >= 11 is 0. The van der Waals surface area contributed by atoms with Gasteiger partial charge in [0.15, 0.2) is 11.4 Å². The number of nitrogens with zero attached hydrogens (tertiary/aromatic N) is 5. The lowest BCUT2D eigenvalue weighted by molar-refractivity contribution is 0.0965. The van der Waals surface area contributed by atoms with Crippen LogP contribution in [0.3, 0.4) is 0 Å². The third-order valence-corrected chi connectivity index (χ3v) is 6.67. The predicted molar refractivity (Wildman–Crippen MR) is 134 cm³/mol. The molecule has 10 heteroatoms. The molecular weight excluding hydrogens is 460 g/mol. The quantitative estimate of drug-likeness (QED) is 0.480. The van der Waals surface area contributed by atoms with Crippen molar-refractivity contribution in [3.8, 4) is 11.6 Å². The Morgan fingerprint density at radius 3 is 2.58 bits per heavy atom. The number of anilines is 1. The summed E-state index contributed by atoms with van der Waals surface area (Å²) in [5, 5.41) is 17.4. The van der Waals surface area contributed by atoms with Crippen molar-refractivity contribution in [2.75, 3.05) is 44.9 Å². The maximum atomic E-state index is 13.5. The van der Waals surface area contributed by atoms with Crippen molar-refractivity contribution in [2.24, 2.45) is 5.92 Å². The molecule has 192 valence electrons. The van der Waals surface area contributed by atoms with Crippen molar-refractivity contribution in [3.63, 3.8) is 0 Å². The van der Waals surface area contributed by atoms with Crippen LogP contribution in [0.1, 0.15) is 49.5 Å². The summed E-state index contributed by atoms with van der Waals surface area (Å²) in [5.74, 6) is 1.71. The van der Waals surface area contributed by atoms with Crippen molar-refractivity contribution in [1.82, 2.24) is 19.4 Å². The Hall–Kier alpha value is -3.40. The normalized spacial score (nSPS) is 16.4. The Bertz CT molecular complexity index is 1330. The topological polar surface area (TPSA) is 107 Å². The van der Waals surface area contributed by atoms with Crippen LogP contribution < -0.4 is 20.0 Å². The van der Waals surface area contributed by atoms with Crippen LogP contribution in [0, 0.1) is 11.3 Å². The molecule has 1 saturated heterocycles. The molecule has 1 N–H and O–H groups in total. The number of rotatable bonds is 8. The molecule has 1 aromatic carbocycles. The first-order chi connectivity index (χ1) is 17.2. The summed E-state index contributed by atoms with van der Waals surface area (Å²) in [6, 6.07) is 7.32. The summed E-state index contributed by atoms with van der Waals surface area (Å²) in [7, 11) is 1.67. The largest absolute Gasteiger partial charge is 0.494 e. The fourth-order valence-electron chi connectivity index (χ4n) is 4.40. The van der Waals surface area contributed by atoms with Crippen molar-refractivity contribution in [3.05, 3.63) is 41.0 Å². The first-order valence-corrected chi connectivity index (χ1v) is 12.5. The van der Waals surface area contributed by atoms with Gasteiger partial charge in [0.05, 0.1) is 32.6 Å². The highest BCUT2D eigenvalue weighted by Crippen LogP contribution is 2.40. The summed E-state index contributed by atoms with van der Waals surface area (Å²) < 4.78 is 19.9. The van der Waals surface area contributed by atoms with Crippen molar-refractivity contribution >= 4 is 17.1 Å². The summed E-state index contributed by atoms with van der Waals surface area (Å²) in [6.45, 7) is 9.60. The van der Waals surface area contributed by atoms with Gasteiger partial charge in [0.2, 0.25) is 11.5 Å². The van der Waals surface area contributed by atoms with E-state index in [1.165, 1.54) is 22.0 Å². The highest BCUT2D eigenvalue weighted by molar-refractivity contribution is 5.97. The molecule has 0 bridgehead atoms. The number of carbonyl (C=O) groups is 1. The van der Waals surface area contributed by atoms with Crippen LogP contribution in [0.5, 0.6) is 11.6 Å². The number of morpholine rings is 1. The minimum Gasteiger partial charge on any atom is -0.494 e. The summed E-state index contributed by atoms with van der Waals surface area (Å²) in [4.78, 5) is 15.7. The van der Waals surface area contributed by atoms with E-state index >= 15 is 0 Å². The number of fused-ring (bicyclic) bond motifs is 1. The number of ketones is 1. The van der Waals surface area contributed by atoms with Crippen LogP contribution >= 0.6 is 0 Å². The third-order valence-electron chi connectivity index (χ3n) is 6.67. The van der Waals surface area contributed by atoms with Gasteiger partial charge in [-0.3, -0.25) is 10.2 Å². The second kappa shape index (κ2) is 9.57. The van der Waals surface area contributed by atoms with Crippen LogP contribution in [-0.2, 0) is 16.7 Å². The van der Waals surface area contributed by atoms with Crippen LogP contribution in [0.15, 0.2) is 24.3 Å². The standard InChI is InChI=1S/C26H34N6O4/c1-26(2,3)19-13-18(14-20(24(19)34-4)30-9-11-35-12-10-30)21(33)15-31-25(27)32-22(28-31)7-8-23(29-32)36-16-17-5-6-17/h7-8,13-14,17,27H,5-6,9-12,15-16H2,1-4H3. The molecule has 2 aliphatic rings. The number of Topliss-reactive ketones (excluding diaryl/α,β-unsaturated/α-hetero) is 1. The number of hydrogen-bond acceptors (Lipinski definition) is 8. The van der Waals surface area contributed by atoms with Gasteiger partial charge in [0, 0.05) is 30.3 Å². The highest BCUT2D eigenvalue weighted by Gasteiger charge is 2.27. The van der Waals surface area contributed by atoms with Crippen LogP contribution in [0.4, 0.5) is 5.69 Å². The second-order valence-electron chi connectivity index (χ2n) is 10.5. The molecule has 3 heterocycles. The molecule has 0 amide bonds. The van der Waals surface area contributed by atoms with E-state index in [9.17, 15) is 4.79 Å². The van der Waals surface area contributed by atoms with Crippen LogP contribution in [0.25, 0.3) is 5.65 Å². The fourth-order valence-corrected chi connectivity index (χ4v) is 4.40. The van der Waals surface area contributed by atoms with E-state index in [2.05, 4.69) is 35.9 Å². The number of aromatic nitrogens is 4. The van der Waals surface area contributed by atoms with E-state index in [4.69, 9.17) is 19.6 Å². The molecule has 36 heavy (non-hydrogen) atoms. The number of benzene rings is 1. The number of methoxy groups -OCH3 is 1. The maximum absolute atomic E-state index is 13.5. The number of carbonyl (C=O) groups excluding carboxylic acids is 1. The molecular formula is C26H34N6O4. The van der Waals surface area contributed by atoms with E-state index in [-0.39, 0.29) is 23.4 Å². The van der Waals surface area contributed by atoms with Gasteiger partial charge in [-0.05, 0) is 42.4 Å². The van der Waals surface area contributed by atoms with E-state index in [0.29, 0.717) is 42.8 Å². The Labute approximate surface area is 210 Å². The first kappa shape index (κ1) is 24.3. The molecule has 3 aromatic rings. The molecule has 2 fully saturated rings. The molecule has 0 radical (unpaired) electrons. The SMILES string of the molecule is COc1c(N2CCOCC2)cc(C(=O)Cn2nc3ccc(OCC4CC4)nn3c2=N)cc1C(C)(C)C. The lowest BCUT2D eigenvalue weighted by atomic mass is 9.84. The highest BCUT2D eigenvalue weighted by atomic mass is 16.5. The van der Waals surface area contributed by atoms with E-state index in [1.54, 1.807) is 19.2 Å². The Morgan fingerprint density at radius 2 is 1.92 bits per heavy atom. The van der Waals surface area contributed by atoms with Crippen molar-refractivity contribution in [1.29, 1.82) is 5.41 Å². The molecule has 10 nitrogen and oxygen atoms in total. The van der Waals surface area contributed by atoms with E-state index in [0.717, 1.165) is 30.1 Å². The third kappa shape index (κ3) is 4.95. The Morgan fingerprint density at radius 1 is 1.17 bits per heavy atom. The van der Waals surface area contributed by atoms with Gasteiger partial charge in [-0.25, -0.2) is 4.68 Å². The minimum atomic E-state index is -0.236. The van der Waals surface area contributed by atoms with Gasteiger partial charge in [-0.2, -0.15) is 4.52 Å². The van der Waals surface area contributed by atoms with E-state index in [1.807, 2.05) is 12.1 Å². The second-order valence-corrected chi connectivity index (χ2v) is 10.5. The van der Waals surface area contributed by atoms with Gasteiger partial charge in [0.25, 0.3) is 0 Å². The number of nitrogens with one attached hydrogen (secondary N) is 1. The van der Waals surface area contributed by atoms with Crippen LogP contribution in [0.2, 0.25) is 0 Å². The molecule has 1 saturated carbocycles. The molecule has 5 rings (SSSR count). The van der Waals surface area contributed by atoms with Crippen molar-refractivity contribution in [2.45, 2.75) is 45.6 Å². The zero-order valence-electron chi connectivity index (χ0n) is 21.4. The average Bonchev–Trinajstić information content (AvgIpc) is 3.66. The van der Waals surface area contributed by atoms with Gasteiger partial charge in [-0.1, -0.05) is 20.8 Å². The first-order valence-electron chi connectivity index (χ1n) is 12.5. The molecule has 0 spiro atoms. The lowest BCUT2D eigenvalue weighted by Crippen LogP contribution is -2.37. The Kier molecular flexibility index (Phi) is 6.46. The molecule has 0 atom stereocenters. The van der Waals surface area contributed by atoms with E-state index < -0.39 is 0 Å². The monoisotopic (exact) mass is 494 g/mol. The maximum Gasteiger partial charge on any atom is 0.242 e. The lowest BCUT2D eigenvalue weighted by Gasteiger charge is -2.33. The van der Waals surface area contributed by atoms with Crippen molar-refractivity contribution < 1.29 is 19.0 Å². The van der Waals surface area contributed by atoms with Gasteiger partial charge < -0.3 is 19.1 Å².